The second kappa shape index (κ2) is 4.61. The predicted octanol–water partition coefficient (Wildman–Crippen LogP) is 0.784. The minimum Gasteiger partial charge on any atom is -0.353 e. The van der Waals surface area contributed by atoms with Gasteiger partial charge in [-0.2, -0.15) is 0 Å². The minimum atomic E-state index is 0.750. The van der Waals surface area contributed by atoms with Crippen molar-refractivity contribution in [2.45, 2.75) is 50.2 Å². The molecule has 1 unspecified atom stereocenters. The van der Waals surface area contributed by atoms with Gasteiger partial charge in [0.15, 0.2) is 0 Å². The lowest BCUT2D eigenvalue weighted by atomic mass is 9.61. The van der Waals surface area contributed by atoms with Gasteiger partial charge < -0.3 is 15.2 Å². The summed E-state index contributed by atoms with van der Waals surface area (Å²) in [5.41, 5.74) is 4.62. The highest BCUT2D eigenvalue weighted by molar-refractivity contribution is 5.85. The molecule has 4 aliphatic heterocycles. The van der Waals surface area contributed by atoms with E-state index in [0.717, 1.165) is 30.0 Å². The second-order valence-electron chi connectivity index (χ2n) is 8.37. The fourth-order valence-corrected chi connectivity index (χ4v) is 6.89. The summed E-state index contributed by atoms with van der Waals surface area (Å²) in [6, 6.07) is 11.6. The number of quaternary nitrogens is 2. The molecule has 1 aromatic heterocycles. The molecule has 6 atom stereocenters. The molecule has 3 heteroatoms. The summed E-state index contributed by atoms with van der Waals surface area (Å²) in [4.78, 5) is 5.80. The molecule has 4 fully saturated rings. The van der Waals surface area contributed by atoms with Gasteiger partial charge in [-0.1, -0.05) is 18.2 Å². The lowest BCUT2D eigenvalue weighted by molar-refractivity contribution is -0.989. The van der Waals surface area contributed by atoms with Crippen molar-refractivity contribution in [1.82, 2.24) is 4.98 Å². The SMILES string of the molecule is c1ccc2c3c([nH]c2c1)[C@H]1[C@H]2CC[C@@H]([C@@H]4CCC[NH2+][C@@H]42)[NH+]1CC3. The van der Waals surface area contributed by atoms with Crippen molar-refractivity contribution in [3.8, 4) is 0 Å². The van der Waals surface area contributed by atoms with Crippen LogP contribution in [0.3, 0.4) is 0 Å². The topological polar surface area (TPSA) is 36.8 Å². The molecule has 5 aliphatic rings. The van der Waals surface area contributed by atoms with Crippen LogP contribution in [-0.4, -0.2) is 30.2 Å². The summed E-state index contributed by atoms with van der Waals surface area (Å²) in [6.45, 7) is 2.73. The Bertz CT molecular complexity index is 763. The molecule has 1 aromatic carbocycles. The number of nitrogens with one attached hydrogen (secondary N) is 2. The van der Waals surface area contributed by atoms with E-state index in [1.165, 1.54) is 56.1 Å². The Balaban J connectivity index is 1.50. The molecule has 0 spiro atoms. The summed E-state index contributed by atoms with van der Waals surface area (Å²) in [5.74, 6) is 1.90. The summed E-state index contributed by atoms with van der Waals surface area (Å²) >= 11 is 0. The van der Waals surface area contributed by atoms with E-state index < -0.39 is 0 Å². The average molecular weight is 309 g/mol. The molecular formula is C20H27N3+2. The molecule has 3 saturated heterocycles. The monoisotopic (exact) mass is 309 g/mol. The van der Waals surface area contributed by atoms with Gasteiger partial charge >= 0.3 is 0 Å². The van der Waals surface area contributed by atoms with E-state index in [-0.39, 0.29) is 0 Å². The van der Waals surface area contributed by atoms with Gasteiger partial charge in [-0.3, -0.25) is 0 Å². The zero-order valence-electron chi connectivity index (χ0n) is 13.7. The highest BCUT2D eigenvalue weighted by atomic mass is 15.3. The van der Waals surface area contributed by atoms with Crippen LogP contribution >= 0.6 is 0 Å². The molecule has 1 saturated carbocycles. The van der Waals surface area contributed by atoms with Gasteiger partial charge in [0.25, 0.3) is 0 Å². The van der Waals surface area contributed by atoms with Gasteiger partial charge in [-0.05, 0) is 30.9 Å². The Hall–Kier alpha value is -1.32. The number of benzene rings is 1. The second-order valence-corrected chi connectivity index (χ2v) is 8.37. The first-order valence-electron chi connectivity index (χ1n) is 9.70. The first-order chi connectivity index (χ1) is 11.4. The van der Waals surface area contributed by atoms with Crippen LogP contribution in [0, 0.1) is 11.8 Å². The van der Waals surface area contributed by atoms with Crippen molar-refractivity contribution in [2.75, 3.05) is 13.1 Å². The van der Waals surface area contributed by atoms with Gasteiger partial charge in [-0.15, -0.1) is 0 Å². The van der Waals surface area contributed by atoms with E-state index in [1.807, 2.05) is 4.90 Å². The number of nitrogens with two attached hydrogens (primary N) is 1. The van der Waals surface area contributed by atoms with Crippen molar-refractivity contribution in [2.24, 2.45) is 11.8 Å². The third-order valence-electron chi connectivity index (χ3n) is 7.62. The third-order valence-corrected chi connectivity index (χ3v) is 7.62. The summed E-state index contributed by atoms with van der Waals surface area (Å²) in [5, 5.41) is 4.21. The Morgan fingerprint density at radius 3 is 3.04 bits per heavy atom. The van der Waals surface area contributed by atoms with Crippen LogP contribution in [0.5, 0.6) is 0 Å². The van der Waals surface area contributed by atoms with Gasteiger partial charge in [-0.25, -0.2) is 0 Å². The van der Waals surface area contributed by atoms with Gasteiger partial charge in [0.1, 0.15) is 12.1 Å². The Labute approximate surface area is 137 Å². The number of hydrogen-bond acceptors (Lipinski definition) is 0. The molecular weight excluding hydrogens is 282 g/mol. The molecule has 3 nitrogen and oxygen atoms in total. The Kier molecular flexibility index (Phi) is 2.61. The number of hydrogen-bond donors (Lipinski definition) is 3. The Morgan fingerprint density at radius 1 is 1.09 bits per heavy atom. The first kappa shape index (κ1) is 13.0. The highest BCUT2D eigenvalue weighted by Gasteiger charge is 2.60. The van der Waals surface area contributed by atoms with Crippen molar-refractivity contribution in [3.63, 3.8) is 0 Å². The minimum absolute atomic E-state index is 0.750. The maximum absolute atomic E-state index is 3.86. The molecule has 1 aliphatic carbocycles. The molecule has 2 bridgehead atoms. The molecule has 0 amide bonds. The smallest absolute Gasteiger partial charge is 0.137 e. The van der Waals surface area contributed by atoms with Crippen molar-refractivity contribution >= 4 is 10.9 Å². The zero-order chi connectivity index (χ0) is 15.0. The summed E-state index contributed by atoms with van der Waals surface area (Å²) in [7, 11) is 0. The maximum Gasteiger partial charge on any atom is 0.137 e. The average Bonchev–Trinajstić information content (AvgIpc) is 3.01. The summed E-state index contributed by atoms with van der Waals surface area (Å²) in [6.07, 6.45) is 7.17. The quantitative estimate of drug-likeness (QED) is 0.643. The summed E-state index contributed by atoms with van der Waals surface area (Å²) < 4.78 is 0. The van der Waals surface area contributed by atoms with Gasteiger partial charge in [0.05, 0.1) is 36.7 Å². The maximum atomic E-state index is 3.86. The fourth-order valence-electron chi connectivity index (χ4n) is 6.89. The largest absolute Gasteiger partial charge is 0.353 e. The predicted molar refractivity (Wildman–Crippen MR) is 90.4 cm³/mol. The number of fused-ring (bicyclic) bond motifs is 4. The molecule has 120 valence electrons. The highest BCUT2D eigenvalue weighted by Crippen LogP contribution is 2.44. The number of aromatic nitrogens is 1. The van der Waals surface area contributed by atoms with Crippen LogP contribution < -0.4 is 10.2 Å². The van der Waals surface area contributed by atoms with E-state index >= 15 is 0 Å². The number of H-pyrrole nitrogens is 1. The molecule has 2 aromatic rings. The molecule has 5 heterocycles. The van der Waals surface area contributed by atoms with Crippen molar-refractivity contribution in [3.05, 3.63) is 35.5 Å². The standard InChI is InChI=1S/C20H25N3/c1-2-6-16-12(4-1)13-9-11-23-17-8-7-15(20(23)19(13)22-16)18-14(17)5-3-10-21-18/h1-2,4,6,14-15,17-18,20-22H,3,5,7-11H2/p+2/t14-,15-,17-,18-,20+/m0/s1. The zero-order valence-corrected chi connectivity index (χ0v) is 13.7. The lowest BCUT2D eigenvalue weighted by Crippen LogP contribution is -3.23. The number of aromatic amines is 1. The first-order valence-corrected chi connectivity index (χ1v) is 9.70. The van der Waals surface area contributed by atoms with E-state index in [4.69, 9.17) is 0 Å². The number of para-hydroxylation sites is 1. The van der Waals surface area contributed by atoms with Crippen LogP contribution in [0.4, 0.5) is 0 Å². The van der Waals surface area contributed by atoms with Crippen LogP contribution in [0.2, 0.25) is 0 Å². The van der Waals surface area contributed by atoms with Crippen LogP contribution in [-0.2, 0) is 6.42 Å². The molecule has 23 heavy (non-hydrogen) atoms. The van der Waals surface area contributed by atoms with E-state index in [9.17, 15) is 0 Å². The number of rotatable bonds is 0. The van der Waals surface area contributed by atoms with Gasteiger partial charge in [0, 0.05) is 23.7 Å². The van der Waals surface area contributed by atoms with Crippen LogP contribution in [0.25, 0.3) is 10.9 Å². The van der Waals surface area contributed by atoms with Gasteiger partial charge in [0.2, 0.25) is 0 Å². The number of piperidine rings is 3. The normalized spacial score (nSPS) is 41.4. The van der Waals surface area contributed by atoms with Crippen molar-refractivity contribution in [1.29, 1.82) is 0 Å². The third kappa shape index (κ3) is 1.62. The molecule has 7 rings (SSSR count). The van der Waals surface area contributed by atoms with Crippen LogP contribution in [0.15, 0.2) is 24.3 Å². The van der Waals surface area contributed by atoms with E-state index in [2.05, 4.69) is 34.6 Å². The van der Waals surface area contributed by atoms with Crippen molar-refractivity contribution < 1.29 is 10.2 Å². The van der Waals surface area contributed by atoms with E-state index in [1.54, 1.807) is 11.3 Å². The van der Waals surface area contributed by atoms with E-state index in [0.29, 0.717) is 0 Å². The molecule has 0 radical (unpaired) electrons. The lowest BCUT2D eigenvalue weighted by Gasteiger charge is -2.56. The van der Waals surface area contributed by atoms with Crippen LogP contribution in [0.1, 0.15) is 43.0 Å². The Morgan fingerprint density at radius 2 is 2.04 bits per heavy atom. The molecule has 4 N–H and O–H groups in total. The fraction of sp³-hybridized carbons (Fsp3) is 0.600.